The lowest BCUT2D eigenvalue weighted by Crippen LogP contribution is -2.21. The third-order valence-corrected chi connectivity index (χ3v) is 3.04. The molecule has 19 heavy (non-hydrogen) atoms. The lowest BCUT2D eigenvalue weighted by atomic mass is 9.82. The number of ether oxygens (including phenoxy) is 1. The lowest BCUT2D eigenvalue weighted by Gasteiger charge is -2.21. The van der Waals surface area contributed by atoms with Crippen LogP contribution in [0.4, 0.5) is 0 Å². The van der Waals surface area contributed by atoms with Crippen molar-refractivity contribution in [3.05, 3.63) is 28.8 Å². The SMILES string of the molecule is COc1ccc(C(=O)CC(C)(C)CC(=O)O)cc1Cl. The monoisotopic (exact) mass is 284 g/mol. The van der Waals surface area contributed by atoms with Gasteiger partial charge in [0.2, 0.25) is 0 Å². The summed E-state index contributed by atoms with van der Waals surface area (Å²) in [6.45, 7) is 3.51. The molecule has 0 aromatic heterocycles. The zero-order chi connectivity index (χ0) is 14.6. The molecule has 1 N–H and O–H groups in total. The fourth-order valence-electron chi connectivity index (χ4n) is 1.85. The first kappa shape index (κ1) is 15.5. The quantitative estimate of drug-likeness (QED) is 0.813. The highest BCUT2D eigenvalue weighted by Crippen LogP contribution is 2.30. The number of hydrogen-bond acceptors (Lipinski definition) is 3. The van der Waals surface area contributed by atoms with E-state index in [0.29, 0.717) is 16.3 Å². The molecule has 1 rings (SSSR count). The average molecular weight is 285 g/mol. The third kappa shape index (κ3) is 4.56. The molecular formula is C14H17ClO4. The van der Waals surface area contributed by atoms with Crippen LogP contribution in [0.3, 0.4) is 0 Å². The normalized spacial score (nSPS) is 11.2. The molecule has 0 aliphatic heterocycles. The Labute approximate surface area is 117 Å². The van der Waals surface area contributed by atoms with Gasteiger partial charge in [-0.1, -0.05) is 25.4 Å². The fraction of sp³-hybridized carbons (Fsp3) is 0.429. The van der Waals surface area contributed by atoms with E-state index in [1.807, 2.05) is 0 Å². The molecule has 4 nitrogen and oxygen atoms in total. The van der Waals surface area contributed by atoms with Crippen molar-refractivity contribution in [1.82, 2.24) is 0 Å². The molecule has 0 saturated heterocycles. The van der Waals surface area contributed by atoms with Crippen molar-refractivity contribution in [3.63, 3.8) is 0 Å². The number of carbonyl (C=O) groups is 2. The molecule has 1 aromatic carbocycles. The molecule has 0 atom stereocenters. The predicted molar refractivity (Wildman–Crippen MR) is 73.0 cm³/mol. The summed E-state index contributed by atoms with van der Waals surface area (Å²) in [6, 6.07) is 4.79. The minimum atomic E-state index is -0.912. The molecule has 0 heterocycles. The van der Waals surface area contributed by atoms with Crippen LogP contribution in [-0.2, 0) is 4.79 Å². The van der Waals surface area contributed by atoms with Crippen molar-refractivity contribution in [1.29, 1.82) is 0 Å². The van der Waals surface area contributed by atoms with Gasteiger partial charge in [0.1, 0.15) is 5.75 Å². The Morgan fingerprint density at radius 3 is 2.42 bits per heavy atom. The zero-order valence-electron chi connectivity index (χ0n) is 11.2. The molecule has 0 amide bonds. The van der Waals surface area contributed by atoms with Gasteiger partial charge in [0.25, 0.3) is 0 Å². The number of carboxylic acids is 1. The second-order valence-electron chi connectivity index (χ2n) is 5.18. The highest BCUT2D eigenvalue weighted by molar-refractivity contribution is 6.32. The van der Waals surface area contributed by atoms with Crippen molar-refractivity contribution in [2.45, 2.75) is 26.7 Å². The lowest BCUT2D eigenvalue weighted by molar-refractivity contribution is -0.139. The summed E-state index contributed by atoms with van der Waals surface area (Å²) >= 11 is 5.96. The number of aliphatic carboxylic acids is 1. The largest absolute Gasteiger partial charge is 0.495 e. The summed E-state index contributed by atoms with van der Waals surface area (Å²) in [5.74, 6) is -0.538. The van der Waals surface area contributed by atoms with Gasteiger partial charge in [0, 0.05) is 12.0 Å². The Balaban J connectivity index is 2.84. The number of halogens is 1. The summed E-state index contributed by atoms with van der Waals surface area (Å²) < 4.78 is 5.01. The molecule has 1 aromatic rings. The number of carboxylic acid groups (broad SMARTS) is 1. The number of rotatable bonds is 6. The van der Waals surface area contributed by atoms with Crippen LogP contribution in [0, 0.1) is 5.41 Å². The maximum atomic E-state index is 12.1. The average Bonchev–Trinajstić information content (AvgIpc) is 2.26. The minimum absolute atomic E-state index is 0.0529. The molecule has 0 fully saturated rings. The molecule has 0 spiro atoms. The summed E-state index contributed by atoms with van der Waals surface area (Å²) in [5.41, 5.74) is -0.126. The number of methoxy groups -OCH3 is 1. The van der Waals surface area contributed by atoms with E-state index < -0.39 is 11.4 Å². The Bertz CT molecular complexity index is 494. The number of Topliss-reactive ketones (excluding diaryl/α,β-unsaturated/α-hetero) is 1. The van der Waals surface area contributed by atoms with Crippen LogP contribution in [0.2, 0.25) is 5.02 Å². The van der Waals surface area contributed by atoms with Crippen LogP contribution in [0.25, 0.3) is 0 Å². The van der Waals surface area contributed by atoms with E-state index in [9.17, 15) is 9.59 Å². The van der Waals surface area contributed by atoms with Gasteiger partial charge in [-0.05, 0) is 23.6 Å². The van der Waals surface area contributed by atoms with Crippen LogP contribution in [0.5, 0.6) is 5.75 Å². The number of hydrogen-bond donors (Lipinski definition) is 1. The van der Waals surface area contributed by atoms with Gasteiger partial charge in [0.15, 0.2) is 5.78 Å². The van der Waals surface area contributed by atoms with Gasteiger partial charge in [-0.2, -0.15) is 0 Å². The Kier molecular flexibility index (Phi) is 4.95. The number of carbonyl (C=O) groups excluding carboxylic acids is 1. The molecule has 0 bridgehead atoms. The van der Waals surface area contributed by atoms with Gasteiger partial charge in [0.05, 0.1) is 18.6 Å². The maximum Gasteiger partial charge on any atom is 0.303 e. The van der Waals surface area contributed by atoms with Crippen molar-refractivity contribution >= 4 is 23.4 Å². The molecule has 0 radical (unpaired) electrons. The molecule has 0 unspecified atom stereocenters. The molecular weight excluding hydrogens is 268 g/mol. The second-order valence-corrected chi connectivity index (χ2v) is 5.59. The summed E-state index contributed by atoms with van der Waals surface area (Å²) in [7, 11) is 1.50. The van der Waals surface area contributed by atoms with E-state index in [4.69, 9.17) is 21.4 Å². The number of ketones is 1. The van der Waals surface area contributed by atoms with E-state index in [-0.39, 0.29) is 18.6 Å². The third-order valence-electron chi connectivity index (χ3n) is 2.74. The number of benzene rings is 1. The molecule has 0 aliphatic carbocycles. The van der Waals surface area contributed by atoms with Crippen LogP contribution >= 0.6 is 11.6 Å². The van der Waals surface area contributed by atoms with E-state index in [1.165, 1.54) is 7.11 Å². The first-order valence-corrected chi connectivity index (χ1v) is 6.21. The van der Waals surface area contributed by atoms with E-state index in [1.54, 1.807) is 32.0 Å². The van der Waals surface area contributed by atoms with E-state index >= 15 is 0 Å². The van der Waals surface area contributed by atoms with Crippen molar-refractivity contribution in [3.8, 4) is 5.75 Å². The molecule has 5 heteroatoms. The van der Waals surface area contributed by atoms with E-state index in [0.717, 1.165) is 0 Å². The first-order chi connectivity index (χ1) is 8.75. The van der Waals surface area contributed by atoms with Gasteiger partial charge in [-0.25, -0.2) is 0 Å². The zero-order valence-corrected chi connectivity index (χ0v) is 12.0. The van der Waals surface area contributed by atoms with Crippen LogP contribution in [0.15, 0.2) is 18.2 Å². The highest BCUT2D eigenvalue weighted by atomic mass is 35.5. The highest BCUT2D eigenvalue weighted by Gasteiger charge is 2.26. The summed E-state index contributed by atoms with van der Waals surface area (Å²) in [4.78, 5) is 22.8. The smallest absolute Gasteiger partial charge is 0.303 e. The predicted octanol–water partition coefficient (Wildman–Crippen LogP) is 3.42. The van der Waals surface area contributed by atoms with Crippen LogP contribution < -0.4 is 4.74 Å². The van der Waals surface area contributed by atoms with Gasteiger partial charge < -0.3 is 9.84 Å². The minimum Gasteiger partial charge on any atom is -0.495 e. The van der Waals surface area contributed by atoms with Crippen molar-refractivity contribution < 1.29 is 19.4 Å². The maximum absolute atomic E-state index is 12.1. The Morgan fingerprint density at radius 1 is 1.32 bits per heavy atom. The Hall–Kier alpha value is -1.55. The molecule has 104 valence electrons. The van der Waals surface area contributed by atoms with Gasteiger partial charge in [-0.3, -0.25) is 9.59 Å². The van der Waals surface area contributed by atoms with Crippen LogP contribution in [-0.4, -0.2) is 24.0 Å². The van der Waals surface area contributed by atoms with Gasteiger partial charge in [-0.15, -0.1) is 0 Å². The van der Waals surface area contributed by atoms with E-state index in [2.05, 4.69) is 0 Å². The summed E-state index contributed by atoms with van der Waals surface area (Å²) in [6.07, 6.45) is 0.102. The van der Waals surface area contributed by atoms with Crippen molar-refractivity contribution in [2.24, 2.45) is 5.41 Å². The topological polar surface area (TPSA) is 63.6 Å². The summed E-state index contributed by atoms with van der Waals surface area (Å²) in [5, 5.41) is 9.16. The van der Waals surface area contributed by atoms with Crippen LogP contribution in [0.1, 0.15) is 37.0 Å². The Morgan fingerprint density at radius 2 is 1.95 bits per heavy atom. The molecule has 0 aliphatic rings. The van der Waals surface area contributed by atoms with Gasteiger partial charge >= 0.3 is 5.97 Å². The first-order valence-electron chi connectivity index (χ1n) is 5.84. The fourth-order valence-corrected chi connectivity index (χ4v) is 2.11. The standard InChI is InChI=1S/C14H17ClO4/c1-14(2,8-13(17)18)7-11(16)9-4-5-12(19-3)10(15)6-9/h4-6H,7-8H2,1-3H3,(H,17,18). The van der Waals surface area contributed by atoms with Crippen molar-refractivity contribution in [2.75, 3.05) is 7.11 Å². The molecule has 0 saturated carbocycles. The second kappa shape index (κ2) is 6.06.